The van der Waals surface area contributed by atoms with E-state index < -0.39 is 11.4 Å². The summed E-state index contributed by atoms with van der Waals surface area (Å²) in [4.78, 5) is 12.8. The van der Waals surface area contributed by atoms with Crippen LogP contribution in [0.15, 0.2) is 12.2 Å². The van der Waals surface area contributed by atoms with Crippen molar-refractivity contribution in [2.24, 2.45) is 56.7 Å². The quantitative estimate of drug-likeness (QED) is 0.436. The van der Waals surface area contributed by atoms with Gasteiger partial charge in [-0.1, -0.05) is 46.8 Å². The first-order valence-electron chi connectivity index (χ1n) is 13.8. The number of rotatable bonds is 2. The second-order valence-electron chi connectivity index (χ2n) is 14.5. The molecule has 33 heavy (non-hydrogen) atoms. The molecule has 5 aliphatic carbocycles. The van der Waals surface area contributed by atoms with Crippen LogP contribution in [0.1, 0.15) is 106 Å². The lowest BCUT2D eigenvalue weighted by Crippen LogP contribution is -2.67. The first-order chi connectivity index (χ1) is 15.3. The van der Waals surface area contributed by atoms with Crippen LogP contribution in [0.5, 0.6) is 0 Å². The van der Waals surface area contributed by atoms with E-state index in [2.05, 4.69) is 48.1 Å². The summed E-state index contributed by atoms with van der Waals surface area (Å²) in [5.74, 6) is 1.79. The molecule has 0 heterocycles. The van der Waals surface area contributed by atoms with Gasteiger partial charge in [0.25, 0.3) is 0 Å². The molecule has 0 amide bonds. The highest BCUT2D eigenvalue weighted by Gasteiger charge is 2.71. The summed E-state index contributed by atoms with van der Waals surface area (Å²) in [5, 5.41) is 21.4. The molecule has 0 aliphatic heterocycles. The van der Waals surface area contributed by atoms with Crippen molar-refractivity contribution >= 4 is 5.97 Å². The average molecular weight is 457 g/mol. The molecule has 0 saturated heterocycles. The van der Waals surface area contributed by atoms with E-state index in [0.29, 0.717) is 23.7 Å². The van der Waals surface area contributed by atoms with Crippen molar-refractivity contribution in [1.82, 2.24) is 0 Å². The fraction of sp³-hybridized carbons (Fsp3) is 0.900. The number of allylic oxidation sites excluding steroid dienone is 1. The van der Waals surface area contributed by atoms with Crippen LogP contribution in [0.2, 0.25) is 0 Å². The molecule has 5 saturated carbocycles. The summed E-state index contributed by atoms with van der Waals surface area (Å²) in [7, 11) is 0. The van der Waals surface area contributed by atoms with E-state index in [1.165, 1.54) is 31.3 Å². The number of aliphatic hydroxyl groups excluding tert-OH is 1. The fourth-order valence-electron chi connectivity index (χ4n) is 11.5. The SMILES string of the molecule is C=C(C)[C@H]1CC[C@]2(C(=O)O)CC[C@]3(C)[C@@H](CC[C@@H]4[C@@]5(C)CC[C@@H](O)C(C)(C)[C@@H]5CC[C@]43C)[C@@H]12. The summed E-state index contributed by atoms with van der Waals surface area (Å²) < 4.78 is 0. The van der Waals surface area contributed by atoms with Crippen molar-refractivity contribution in [2.75, 3.05) is 0 Å². The number of aliphatic hydroxyl groups is 1. The molecule has 0 spiro atoms. The number of hydrogen-bond donors (Lipinski definition) is 2. The predicted molar refractivity (Wildman–Crippen MR) is 133 cm³/mol. The highest BCUT2D eigenvalue weighted by molar-refractivity contribution is 5.76. The van der Waals surface area contributed by atoms with Gasteiger partial charge in [-0.25, -0.2) is 0 Å². The molecule has 5 aliphatic rings. The first kappa shape index (κ1) is 23.9. The Morgan fingerprint density at radius 2 is 1.52 bits per heavy atom. The van der Waals surface area contributed by atoms with E-state index in [-0.39, 0.29) is 33.7 Å². The van der Waals surface area contributed by atoms with Gasteiger partial charge in [-0.2, -0.15) is 0 Å². The summed E-state index contributed by atoms with van der Waals surface area (Å²) >= 11 is 0. The monoisotopic (exact) mass is 456 g/mol. The summed E-state index contributed by atoms with van der Waals surface area (Å²) in [5.41, 5.74) is 1.35. The summed E-state index contributed by atoms with van der Waals surface area (Å²) in [6.45, 7) is 18.8. The van der Waals surface area contributed by atoms with E-state index in [1.807, 2.05) is 0 Å². The van der Waals surface area contributed by atoms with Crippen LogP contribution in [-0.2, 0) is 4.79 Å². The third kappa shape index (κ3) is 2.75. The van der Waals surface area contributed by atoms with Crippen molar-refractivity contribution in [3.8, 4) is 0 Å². The Hall–Kier alpha value is -0.830. The minimum absolute atomic E-state index is 0.0202. The van der Waals surface area contributed by atoms with Crippen molar-refractivity contribution in [3.05, 3.63) is 12.2 Å². The maximum absolute atomic E-state index is 12.8. The summed E-state index contributed by atoms with van der Waals surface area (Å²) in [6.07, 6.45) is 10.5. The largest absolute Gasteiger partial charge is 0.481 e. The third-order valence-electron chi connectivity index (χ3n) is 13.5. The molecular formula is C30H48O3. The predicted octanol–water partition coefficient (Wildman–Crippen LogP) is 7.09. The summed E-state index contributed by atoms with van der Waals surface area (Å²) in [6, 6.07) is 0. The lowest BCUT2D eigenvalue weighted by atomic mass is 9.32. The Morgan fingerprint density at radius 1 is 0.818 bits per heavy atom. The van der Waals surface area contributed by atoms with Gasteiger partial charge in [0, 0.05) is 0 Å². The van der Waals surface area contributed by atoms with Crippen LogP contribution in [0.3, 0.4) is 0 Å². The molecule has 2 N–H and O–H groups in total. The first-order valence-corrected chi connectivity index (χ1v) is 13.8. The van der Waals surface area contributed by atoms with Crippen LogP contribution in [0, 0.1) is 56.7 Å². The lowest BCUT2D eigenvalue weighted by Gasteiger charge is -2.72. The molecule has 0 aromatic heterocycles. The Bertz CT molecular complexity index is 861. The zero-order valence-electron chi connectivity index (χ0n) is 22.0. The minimum atomic E-state index is -0.538. The van der Waals surface area contributed by atoms with E-state index in [1.54, 1.807) is 0 Å². The molecule has 3 heteroatoms. The topological polar surface area (TPSA) is 57.5 Å². The van der Waals surface area contributed by atoms with Crippen LogP contribution in [-0.4, -0.2) is 22.3 Å². The van der Waals surface area contributed by atoms with Crippen LogP contribution < -0.4 is 0 Å². The van der Waals surface area contributed by atoms with Gasteiger partial charge in [0.05, 0.1) is 11.5 Å². The number of hydrogen-bond acceptors (Lipinski definition) is 2. The van der Waals surface area contributed by atoms with Gasteiger partial charge in [0.2, 0.25) is 0 Å². The fourth-order valence-corrected chi connectivity index (χ4v) is 11.5. The smallest absolute Gasteiger partial charge is 0.309 e. The van der Waals surface area contributed by atoms with Crippen molar-refractivity contribution < 1.29 is 15.0 Å². The lowest BCUT2D eigenvalue weighted by molar-refractivity contribution is -0.248. The van der Waals surface area contributed by atoms with E-state index in [9.17, 15) is 15.0 Å². The normalized spacial score (nSPS) is 55.0. The van der Waals surface area contributed by atoms with Crippen molar-refractivity contribution in [1.29, 1.82) is 0 Å². The van der Waals surface area contributed by atoms with E-state index >= 15 is 0 Å². The molecule has 0 bridgehead atoms. The molecule has 10 atom stereocenters. The second-order valence-corrected chi connectivity index (χ2v) is 14.5. The number of carboxylic acid groups (broad SMARTS) is 1. The Kier molecular flexibility index (Phi) is 5.15. The third-order valence-corrected chi connectivity index (χ3v) is 13.5. The average Bonchev–Trinajstić information content (AvgIpc) is 3.13. The van der Waals surface area contributed by atoms with Gasteiger partial charge in [-0.3, -0.25) is 4.79 Å². The standard InChI is InChI=1S/C30H48O3/c1-18(2)19-10-15-30(25(32)33)17-16-28(6)20(24(19)30)8-9-22-27(5)13-12-23(31)26(3,4)21(27)11-14-29(22,28)7/h19-24,31H,1,8-17H2,2-7H3,(H,32,33)/t19-,20+,21+,22-,23-,24-,27+,28-,29-,30+/m1/s1. The van der Waals surface area contributed by atoms with Crippen LogP contribution in [0.4, 0.5) is 0 Å². The van der Waals surface area contributed by atoms with E-state index in [0.717, 1.165) is 38.5 Å². The number of carboxylic acids is 1. The van der Waals surface area contributed by atoms with Crippen molar-refractivity contribution in [3.63, 3.8) is 0 Å². The van der Waals surface area contributed by atoms with Gasteiger partial charge in [-0.15, -0.1) is 0 Å². The maximum Gasteiger partial charge on any atom is 0.309 e. The number of fused-ring (bicyclic) bond motifs is 7. The zero-order chi connectivity index (χ0) is 24.2. The molecule has 5 rings (SSSR count). The molecule has 0 aromatic carbocycles. The van der Waals surface area contributed by atoms with Gasteiger partial charge in [0.1, 0.15) is 0 Å². The van der Waals surface area contributed by atoms with E-state index in [4.69, 9.17) is 0 Å². The molecule has 0 unspecified atom stereocenters. The van der Waals surface area contributed by atoms with Crippen LogP contribution in [0.25, 0.3) is 0 Å². The molecule has 5 fully saturated rings. The van der Waals surface area contributed by atoms with Crippen LogP contribution >= 0.6 is 0 Å². The second kappa shape index (κ2) is 7.11. The molecule has 186 valence electrons. The van der Waals surface area contributed by atoms with Gasteiger partial charge in [-0.05, 0) is 122 Å². The molecular weight excluding hydrogens is 408 g/mol. The zero-order valence-corrected chi connectivity index (χ0v) is 22.0. The Labute approximate surface area is 201 Å². The van der Waals surface area contributed by atoms with Crippen molar-refractivity contribution in [2.45, 2.75) is 112 Å². The number of carbonyl (C=O) groups is 1. The minimum Gasteiger partial charge on any atom is -0.481 e. The molecule has 0 radical (unpaired) electrons. The van der Waals surface area contributed by atoms with Gasteiger partial charge >= 0.3 is 5.97 Å². The number of aliphatic carboxylic acids is 1. The highest BCUT2D eigenvalue weighted by Crippen LogP contribution is 2.77. The molecule has 0 aromatic rings. The van der Waals surface area contributed by atoms with Gasteiger partial charge < -0.3 is 10.2 Å². The van der Waals surface area contributed by atoms with Gasteiger partial charge in [0.15, 0.2) is 0 Å². The maximum atomic E-state index is 12.8. The Morgan fingerprint density at radius 3 is 2.15 bits per heavy atom. The Balaban J connectivity index is 1.57. The molecule has 3 nitrogen and oxygen atoms in total. The highest BCUT2D eigenvalue weighted by atomic mass is 16.4.